The van der Waals surface area contributed by atoms with Crippen molar-refractivity contribution in [2.24, 2.45) is 5.73 Å². The fourth-order valence-corrected chi connectivity index (χ4v) is 2.69. The first-order valence-corrected chi connectivity index (χ1v) is 7.43. The van der Waals surface area contributed by atoms with Crippen LogP contribution in [0.4, 0.5) is 0 Å². The molecule has 5 heteroatoms. The van der Waals surface area contributed by atoms with Crippen molar-refractivity contribution in [1.82, 2.24) is 10.2 Å². The van der Waals surface area contributed by atoms with Gasteiger partial charge in [-0.25, -0.2) is 0 Å². The van der Waals surface area contributed by atoms with Crippen LogP contribution in [0.25, 0.3) is 0 Å². The maximum Gasteiger partial charge on any atom is 0.237 e. The fourth-order valence-electron chi connectivity index (χ4n) is 2.69. The van der Waals surface area contributed by atoms with E-state index >= 15 is 0 Å². The zero-order valence-electron chi connectivity index (χ0n) is 12.4. The molecule has 0 spiro atoms. The molecule has 19 heavy (non-hydrogen) atoms. The van der Waals surface area contributed by atoms with Crippen molar-refractivity contribution in [2.75, 3.05) is 33.4 Å². The summed E-state index contributed by atoms with van der Waals surface area (Å²) in [5.41, 5.74) is 5.85. The van der Waals surface area contributed by atoms with Crippen molar-refractivity contribution in [3.8, 4) is 0 Å². The van der Waals surface area contributed by atoms with Gasteiger partial charge in [0.25, 0.3) is 0 Å². The molecule has 112 valence electrons. The number of likely N-dealkylation sites (tertiary alicyclic amines) is 1. The highest BCUT2D eigenvalue weighted by Gasteiger charge is 2.28. The minimum atomic E-state index is -0.0887. The third-order valence-corrected chi connectivity index (χ3v) is 3.90. The van der Waals surface area contributed by atoms with E-state index in [4.69, 9.17) is 10.5 Å². The number of nitrogens with two attached hydrogens (primary N) is 1. The van der Waals surface area contributed by atoms with Crippen LogP contribution in [-0.2, 0) is 9.53 Å². The van der Waals surface area contributed by atoms with E-state index in [1.807, 2.05) is 6.92 Å². The molecule has 0 aromatic rings. The summed E-state index contributed by atoms with van der Waals surface area (Å²) in [5.74, 6) is 0.108. The monoisotopic (exact) mass is 271 g/mol. The smallest absolute Gasteiger partial charge is 0.237 e. The van der Waals surface area contributed by atoms with Crippen LogP contribution in [0, 0.1) is 0 Å². The summed E-state index contributed by atoms with van der Waals surface area (Å²) >= 11 is 0. The molecule has 1 fully saturated rings. The average molecular weight is 271 g/mol. The topological polar surface area (TPSA) is 67.6 Å². The van der Waals surface area contributed by atoms with E-state index in [0.29, 0.717) is 25.7 Å². The molecule has 0 aromatic heterocycles. The van der Waals surface area contributed by atoms with Crippen molar-refractivity contribution < 1.29 is 9.53 Å². The van der Waals surface area contributed by atoms with Gasteiger partial charge in [-0.2, -0.15) is 0 Å². The molecular formula is C14H29N3O2. The lowest BCUT2D eigenvalue weighted by Gasteiger charge is -2.33. The fraction of sp³-hybridized carbons (Fsp3) is 0.929. The third kappa shape index (κ3) is 5.47. The van der Waals surface area contributed by atoms with Gasteiger partial charge < -0.3 is 15.8 Å². The SMILES string of the molecule is COCCCNC(=O)C(C)N1CCCCCC1CN. The second-order valence-electron chi connectivity index (χ2n) is 5.29. The van der Waals surface area contributed by atoms with Crippen LogP contribution in [0.5, 0.6) is 0 Å². The molecule has 0 aliphatic carbocycles. The highest BCUT2D eigenvalue weighted by Crippen LogP contribution is 2.18. The summed E-state index contributed by atoms with van der Waals surface area (Å²) in [7, 11) is 1.67. The van der Waals surface area contributed by atoms with Crippen LogP contribution in [0.1, 0.15) is 39.0 Å². The molecule has 2 atom stereocenters. The highest BCUT2D eigenvalue weighted by atomic mass is 16.5. The van der Waals surface area contributed by atoms with Gasteiger partial charge in [0.05, 0.1) is 6.04 Å². The van der Waals surface area contributed by atoms with E-state index in [1.54, 1.807) is 7.11 Å². The van der Waals surface area contributed by atoms with Crippen LogP contribution in [0.15, 0.2) is 0 Å². The van der Waals surface area contributed by atoms with E-state index in [9.17, 15) is 4.79 Å². The van der Waals surface area contributed by atoms with Crippen LogP contribution in [0.2, 0.25) is 0 Å². The van der Waals surface area contributed by atoms with Crippen molar-refractivity contribution >= 4 is 5.91 Å². The number of amides is 1. The van der Waals surface area contributed by atoms with Crippen LogP contribution in [-0.4, -0.2) is 56.2 Å². The van der Waals surface area contributed by atoms with Crippen molar-refractivity contribution in [3.05, 3.63) is 0 Å². The zero-order valence-corrected chi connectivity index (χ0v) is 12.4. The van der Waals surface area contributed by atoms with Gasteiger partial charge in [-0.1, -0.05) is 12.8 Å². The van der Waals surface area contributed by atoms with Gasteiger partial charge in [0.2, 0.25) is 5.91 Å². The first kappa shape index (κ1) is 16.4. The zero-order chi connectivity index (χ0) is 14.1. The first-order valence-electron chi connectivity index (χ1n) is 7.43. The molecule has 1 heterocycles. The Labute approximate surface area is 116 Å². The van der Waals surface area contributed by atoms with Crippen LogP contribution in [0.3, 0.4) is 0 Å². The third-order valence-electron chi connectivity index (χ3n) is 3.90. The molecule has 0 aromatic carbocycles. The number of carbonyl (C=O) groups is 1. The van der Waals surface area contributed by atoms with Gasteiger partial charge in [0, 0.05) is 32.8 Å². The largest absolute Gasteiger partial charge is 0.385 e. The highest BCUT2D eigenvalue weighted by molar-refractivity contribution is 5.81. The Morgan fingerprint density at radius 2 is 2.26 bits per heavy atom. The van der Waals surface area contributed by atoms with E-state index in [-0.39, 0.29) is 11.9 Å². The first-order chi connectivity index (χ1) is 9.20. The Balaban J connectivity index is 2.43. The van der Waals surface area contributed by atoms with Gasteiger partial charge in [0.1, 0.15) is 0 Å². The van der Waals surface area contributed by atoms with E-state index in [2.05, 4.69) is 10.2 Å². The molecule has 1 aliphatic rings. The molecule has 1 saturated heterocycles. The normalized spacial score (nSPS) is 22.8. The summed E-state index contributed by atoms with van der Waals surface area (Å²) in [6, 6.07) is 0.261. The minimum Gasteiger partial charge on any atom is -0.385 e. The van der Waals surface area contributed by atoms with Crippen LogP contribution >= 0.6 is 0 Å². The lowest BCUT2D eigenvalue weighted by Crippen LogP contribution is -2.51. The number of rotatable bonds is 7. The van der Waals surface area contributed by atoms with E-state index in [0.717, 1.165) is 25.8 Å². The van der Waals surface area contributed by atoms with Gasteiger partial charge in [0.15, 0.2) is 0 Å². The average Bonchev–Trinajstić information content (AvgIpc) is 2.67. The van der Waals surface area contributed by atoms with Gasteiger partial charge >= 0.3 is 0 Å². The Morgan fingerprint density at radius 1 is 1.47 bits per heavy atom. The number of hydrogen-bond donors (Lipinski definition) is 2. The standard InChI is InChI=1S/C14H29N3O2/c1-12(14(18)16-8-6-10-19-2)17-9-5-3-4-7-13(17)11-15/h12-13H,3-11,15H2,1-2H3,(H,16,18). The predicted octanol–water partition coefficient (Wildman–Crippen LogP) is 0.731. The molecule has 0 bridgehead atoms. The Morgan fingerprint density at radius 3 is 2.95 bits per heavy atom. The van der Waals surface area contributed by atoms with Gasteiger partial charge in [-0.3, -0.25) is 9.69 Å². The number of methoxy groups -OCH3 is 1. The molecule has 3 N–H and O–H groups in total. The van der Waals surface area contributed by atoms with Gasteiger partial charge in [-0.15, -0.1) is 0 Å². The number of carbonyl (C=O) groups excluding carboxylic acids is 1. The molecule has 2 unspecified atom stereocenters. The number of nitrogens with one attached hydrogen (secondary N) is 1. The lowest BCUT2D eigenvalue weighted by atomic mass is 10.1. The Kier molecular flexibility index (Phi) is 8.02. The summed E-state index contributed by atoms with van der Waals surface area (Å²) in [6.07, 6.45) is 5.60. The maximum absolute atomic E-state index is 12.1. The second-order valence-corrected chi connectivity index (χ2v) is 5.29. The van der Waals surface area contributed by atoms with Crippen LogP contribution < -0.4 is 11.1 Å². The predicted molar refractivity (Wildman–Crippen MR) is 77.0 cm³/mol. The van der Waals surface area contributed by atoms with Crippen molar-refractivity contribution in [3.63, 3.8) is 0 Å². The van der Waals surface area contributed by atoms with Crippen molar-refractivity contribution in [1.29, 1.82) is 0 Å². The number of hydrogen-bond acceptors (Lipinski definition) is 4. The molecule has 5 nitrogen and oxygen atoms in total. The second kappa shape index (κ2) is 9.28. The summed E-state index contributed by atoms with van der Waals surface area (Å²) in [4.78, 5) is 14.4. The molecular weight excluding hydrogens is 242 g/mol. The molecule has 1 aliphatic heterocycles. The number of nitrogens with zero attached hydrogens (tertiary/aromatic N) is 1. The Hall–Kier alpha value is -0.650. The molecule has 1 rings (SSSR count). The van der Waals surface area contributed by atoms with E-state index in [1.165, 1.54) is 12.8 Å². The minimum absolute atomic E-state index is 0.0887. The summed E-state index contributed by atoms with van der Waals surface area (Å²) in [6.45, 7) is 4.97. The summed E-state index contributed by atoms with van der Waals surface area (Å²) < 4.78 is 4.97. The molecule has 1 amide bonds. The van der Waals surface area contributed by atoms with Crippen molar-refractivity contribution in [2.45, 2.75) is 51.1 Å². The summed E-state index contributed by atoms with van der Waals surface area (Å²) in [5, 5.41) is 2.98. The molecule has 0 radical (unpaired) electrons. The lowest BCUT2D eigenvalue weighted by molar-refractivity contribution is -0.126. The quantitative estimate of drug-likeness (QED) is 0.670. The maximum atomic E-state index is 12.1. The Bertz CT molecular complexity index is 261. The van der Waals surface area contributed by atoms with E-state index < -0.39 is 0 Å². The number of ether oxygens (including phenoxy) is 1. The molecule has 0 saturated carbocycles. The van der Waals surface area contributed by atoms with Gasteiger partial charge in [-0.05, 0) is 32.7 Å².